The molecule has 1 aromatic carbocycles. The second-order valence-corrected chi connectivity index (χ2v) is 8.87. The van der Waals surface area contributed by atoms with Crippen LogP contribution in [0, 0.1) is 0 Å². The van der Waals surface area contributed by atoms with Gasteiger partial charge in [-0.1, -0.05) is 12.1 Å². The number of alkyl carbamates (subject to hydrolysis) is 1. The molecule has 30 heavy (non-hydrogen) atoms. The predicted molar refractivity (Wildman–Crippen MR) is 115 cm³/mol. The highest BCUT2D eigenvalue weighted by molar-refractivity contribution is 5.92. The molecule has 8 nitrogen and oxygen atoms in total. The van der Waals surface area contributed by atoms with Crippen molar-refractivity contribution in [1.29, 1.82) is 0 Å². The number of nitrogens with zero attached hydrogens (tertiary/aromatic N) is 1. The van der Waals surface area contributed by atoms with Crippen molar-refractivity contribution < 1.29 is 24.2 Å². The Hall–Kier alpha value is -2.77. The highest BCUT2D eigenvalue weighted by atomic mass is 16.6. The number of hydrogen-bond donors (Lipinski definition) is 3. The SMILES string of the molecule is CC(C)NC(=O)C(c1cccc(O)c1)N(C(=O)C(C)NC(=O)OC(C)(C)C)C(C)C. The highest BCUT2D eigenvalue weighted by Gasteiger charge is 2.36. The summed E-state index contributed by atoms with van der Waals surface area (Å²) in [4.78, 5) is 39.9. The number of aromatic hydroxyl groups is 1. The third-order valence-electron chi connectivity index (χ3n) is 4.06. The normalized spacial score (nSPS) is 13.5. The molecule has 0 saturated heterocycles. The van der Waals surface area contributed by atoms with Gasteiger partial charge in [-0.2, -0.15) is 0 Å². The number of benzene rings is 1. The van der Waals surface area contributed by atoms with Crippen LogP contribution in [0.2, 0.25) is 0 Å². The number of phenols is 1. The third-order valence-corrected chi connectivity index (χ3v) is 4.06. The summed E-state index contributed by atoms with van der Waals surface area (Å²) >= 11 is 0. The van der Waals surface area contributed by atoms with Gasteiger partial charge in [-0.3, -0.25) is 9.59 Å². The standard InChI is InChI=1S/C22H35N3O5/c1-13(2)23-19(27)18(16-10-9-11-17(26)12-16)25(14(3)4)20(28)15(5)24-21(29)30-22(6,7)8/h9-15,18,26H,1-8H3,(H,23,27)(H,24,29). The fraction of sp³-hybridized carbons (Fsp3) is 0.591. The smallest absolute Gasteiger partial charge is 0.408 e. The summed E-state index contributed by atoms with van der Waals surface area (Å²) in [6.07, 6.45) is -0.715. The van der Waals surface area contributed by atoms with Crippen molar-refractivity contribution in [3.63, 3.8) is 0 Å². The van der Waals surface area contributed by atoms with E-state index in [4.69, 9.17) is 4.74 Å². The van der Waals surface area contributed by atoms with Gasteiger partial charge in [-0.25, -0.2) is 4.79 Å². The summed E-state index contributed by atoms with van der Waals surface area (Å²) in [5.74, 6) is -0.823. The Morgan fingerprint density at radius 2 is 1.63 bits per heavy atom. The van der Waals surface area contributed by atoms with Crippen LogP contribution in [0.4, 0.5) is 4.79 Å². The maximum absolute atomic E-state index is 13.3. The molecular formula is C22H35N3O5. The van der Waals surface area contributed by atoms with Gasteiger partial charge in [0.25, 0.3) is 0 Å². The lowest BCUT2D eigenvalue weighted by molar-refractivity contribution is -0.144. The van der Waals surface area contributed by atoms with E-state index in [0.717, 1.165) is 0 Å². The first-order valence-corrected chi connectivity index (χ1v) is 10.1. The molecule has 1 aromatic rings. The Bertz CT molecular complexity index is 755. The largest absolute Gasteiger partial charge is 0.508 e. The van der Waals surface area contributed by atoms with Gasteiger partial charge in [0.05, 0.1) is 0 Å². The summed E-state index contributed by atoms with van der Waals surface area (Å²) < 4.78 is 5.23. The van der Waals surface area contributed by atoms with Crippen LogP contribution in [0.25, 0.3) is 0 Å². The first-order valence-electron chi connectivity index (χ1n) is 10.1. The van der Waals surface area contributed by atoms with Gasteiger partial charge in [0.2, 0.25) is 11.8 Å². The molecular weight excluding hydrogens is 386 g/mol. The number of ether oxygens (including phenoxy) is 1. The third kappa shape index (κ3) is 7.57. The number of amides is 3. The average molecular weight is 422 g/mol. The van der Waals surface area contributed by atoms with E-state index in [9.17, 15) is 19.5 Å². The van der Waals surface area contributed by atoms with E-state index in [-0.39, 0.29) is 23.7 Å². The Morgan fingerprint density at radius 1 is 1.03 bits per heavy atom. The maximum atomic E-state index is 13.3. The second kappa shape index (κ2) is 10.3. The van der Waals surface area contributed by atoms with E-state index in [1.54, 1.807) is 53.7 Å². The Labute approximate surface area is 179 Å². The van der Waals surface area contributed by atoms with Crippen molar-refractivity contribution in [1.82, 2.24) is 15.5 Å². The minimum atomic E-state index is -0.977. The number of hydrogen-bond acceptors (Lipinski definition) is 5. The summed E-state index contributed by atoms with van der Waals surface area (Å²) in [5.41, 5.74) is -0.231. The minimum absolute atomic E-state index is 0.00840. The topological polar surface area (TPSA) is 108 Å². The predicted octanol–water partition coefficient (Wildman–Crippen LogP) is 3.11. The van der Waals surface area contributed by atoms with Crippen LogP contribution in [0.5, 0.6) is 5.75 Å². The molecule has 1 rings (SSSR count). The molecule has 0 bridgehead atoms. The van der Waals surface area contributed by atoms with Crippen molar-refractivity contribution in [2.45, 2.75) is 85.2 Å². The molecule has 0 aliphatic carbocycles. The summed E-state index contributed by atoms with van der Waals surface area (Å²) in [6.45, 7) is 14.0. The molecule has 0 saturated carbocycles. The van der Waals surface area contributed by atoms with Crippen LogP contribution in [0.3, 0.4) is 0 Å². The van der Waals surface area contributed by atoms with E-state index < -0.39 is 29.7 Å². The monoisotopic (exact) mass is 421 g/mol. The second-order valence-electron chi connectivity index (χ2n) is 8.87. The van der Waals surface area contributed by atoms with Crippen LogP contribution in [0.1, 0.15) is 67.0 Å². The zero-order valence-electron chi connectivity index (χ0n) is 19.1. The molecule has 8 heteroatoms. The molecule has 3 N–H and O–H groups in total. The van der Waals surface area contributed by atoms with Gasteiger partial charge in [0.1, 0.15) is 23.4 Å². The van der Waals surface area contributed by atoms with Crippen LogP contribution < -0.4 is 10.6 Å². The first kappa shape index (κ1) is 25.3. The Balaban J connectivity index is 3.25. The molecule has 0 aliphatic heterocycles. The average Bonchev–Trinajstić information content (AvgIpc) is 2.55. The molecule has 168 valence electrons. The first-order chi connectivity index (χ1) is 13.7. The van der Waals surface area contributed by atoms with Gasteiger partial charge in [-0.15, -0.1) is 0 Å². The number of nitrogens with one attached hydrogen (secondary N) is 2. The van der Waals surface area contributed by atoms with Gasteiger partial charge >= 0.3 is 6.09 Å². The molecule has 3 amide bonds. The molecule has 0 heterocycles. The van der Waals surface area contributed by atoms with Gasteiger partial charge in [-0.05, 0) is 73.1 Å². The maximum Gasteiger partial charge on any atom is 0.408 e. The number of carbonyl (C=O) groups is 3. The molecule has 0 aromatic heterocycles. The molecule has 0 fully saturated rings. The lowest BCUT2D eigenvalue weighted by Crippen LogP contribution is -2.54. The number of rotatable bonds is 7. The van der Waals surface area contributed by atoms with Crippen molar-refractivity contribution in [2.24, 2.45) is 0 Å². The number of carbonyl (C=O) groups excluding carboxylic acids is 3. The zero-order chi connectivity index (χ0) is 23.2. The van der Waals surface area contributed by atoms with Crippen molar-refractivity contribution in [3.05, 3.63) is 29.8 Å². The van der Waals surface area contributed by atoms with Crippen LogP contribution >= 0.6 is 0 Å². The van der Waals surface area contributed by atoms with E-state index >= 15 is 0 Å². The van der Waals surface area contributed by atoms with Gasteiger partial charge in [0, 0.05) is 12.1 Å². The Kier molecular flexibility index (Phi) is 8.69. The molecule has 2 unspecified atom stereocenters. The minimum Gasteiger partial charge on any atom is -0.508 e. The molecule has 0 spiro atoms. The Morgan fingerprint density at radius 3 is 2.10 bits per heavy atom. The van der Waals surface area contributed by atoms with E-state index in [2.05, 4.69) is 10.6 Å². The molecule has 0 aliphatic rings. The van der Waals surface area contributed by atoms with Crippen LogP contribution in [-0.4, -0.2) is 51.6 Å². The van der Waals surface area contributed by atoms with E-state index in [1.165, 1.54) is 17.0 Å². The zero-order valence-corrected chi connectivity index (χ0v) is 19.1. The summed E-state index contributed by atoms with van der Waals surface area (Å²) in [7, 11) is 0. The highest BCUT2D eigenvalue weighted by Crippen LogP contribution is 2.27. The molecule has 0 radical (unpaired) electrons. The van der Waals surface area contributed by atoms with Crippen LogP contribution in [0.15, 0.2) is 24.3 Å². The number of phenolic OH excluding ortho intramolecular Hbond substituents is 1. The lowest BCUT2D eigenvalue weighted by atomic mass is 10.0. The quantitative estimate of drug-likeness (QED) is 0.627. The van der Waals surface area contributed by atoms with Crippen molar-refractivity contribution in [2.75, 3.05) is 0 Å². The van der Waals surface area contributed by atoms with E-state index in [1.807, 2.05) is 13.8 Å². The summed E-state index contributed by atoms with van der Waals surface area (Å²) in [6, 6.07) is 3.85. The van der Waals surface area contributed by atoms with Gasteiger partial charge < -0.3 is 25.4 Å². The lowest BCUT2D eigenvalue weighted by Gasteiger charge is -2.36. The summed E-state index contributed by atoms with van der Waals surface area (Å²) in [5, 5.41) is 15.3. The van der Waals surface area contributed by atoms with Crippen molar-refractivity contribution >= 4 is 17.9 Å². The van der Waals surface area contributed by atoms with Crippen molar-refractivity contribution in [3.8, 4) is 5.75 Å². The van der Waals surface area contributed by atoms with Crippen LogP contribution in [-0.2, 0) is 14.3 Å². The van der Waals surface area contributed by atoms with Gasteiger partial charge in [0.15, 0.2) is 0 Å². The van der Waals surface area contributed by atoms with E-state index in [0.29, 0.717) is 5.56 Å². The molecule has 2 atom stereocenters. The fourth-order valence-corrected chi connectivity index (χ4v) is 2.95. The fourth-order valence-electron chi connectivity index (χ4n) is 2.95.